The second kappa shape index (κ2) is 10.0. The van der Waals surface area contributed by atoms with Crippen LogP contribution in [0.15, 0.2) is 60.3 Å². The van der Waals surface area contributed by atoms with Gasteiger partial charge in [-0.15, -0.1) is 0 Å². The standard InChI is InChI=1S/C22H25N3O2/c1-4-17-5-9-19(10-6-17)16(2)24-15-20(13-23)22(26)25-14-18-7-11-21(27-3)12-8-18/h5-12,15-16,24H,4,14H2,1-3H3,(H,25,26)/b20-15-. The van der Waals surface area contributed by atoms with Crippen LogP contribution in [-0.4, -0.2) is 13.0 Å². The van der Waals surface area contributed by atoms with Crippen molar-refractivity contribution in [2.24, 2.45) is 0 Å². The number of nitriles is 1. The molecule has 5 heteroatoms. The molecule has 27 heavy (non-hydrogen) atoms. The number of hydrogen-bond acceptors (Lipinski definition) is 4. The van der Waals surface area contributed by atoms with Crippen molar-refractivity contribution in [3.05, 3.63) is 77.0 Å². The van der Waals surface area contributed by atoms with Gasteiger partial charge in [-0.3, -0.25) is 4.79 Å². The number of aryl methyl sites for hydroxylation is 1. The maximum absolute atomic E-state index is 12.2. The zero-order valence-electron chi connectivity index (χ0n) is 16.0. The summed E-state index contributed by atoms with van der Waals surface area (Å²) in [6.07, 6.45) is 2.47. The van der Waals surface area contributed by atoms with Gasteiger partial charge in [0, 0.05) is 18.8 Å². The molecule has 2 N–H and O–H groups in total. The summed E-state index contributed by atoms with van der Waals surface area (Å²) in [5, 5.41) is 15.2. The second-order valence-electron chi connectivity index (χ2n) is 6.18. The van der Waals surface area contributed by atoms with Gasteiger partial charge in [0.1, 0.15) is 17.4 Å². The van der Waals surface area contributed by atoms with Crippen molar-refractivity contribution in [2.75, 3.05) is 7.11 Å². The molecule has 0 aromatic heterocycles. The lowest BCUT2D eigenvalue weighted by Gasteiger charge is -2.13. The van der Waals surface area contributed by atoms with Crippen LogP contribution >= 0.6 is 0 Å². The highest BCUT2D eigenvalue weighted by Crippen LogP contribution is 2.14. The number of nitrogens with one attached hydrogen (secondary N) is 2. The van der Waals surface area contributed by atoms with Crippen LogP contribution in [0.25, 0.3) is 0 Å². The number of rotatable bonds is 8. The van der Waals surface area contributed by atoms with Crippen molar-refractivity contribution < 1.29 is 9.53 Å². The van der Waals surface area contributed by atoms with Crippen molar-refractivity contribution in [1.29, 1.82) is 5.26 Å². The van der Waals surface area contributed by atoms with Crippen LogP contribution in [-0.2, 0) is 17.8 Å². The van der Waals surface area contributed by atoms with E-state index in [0.717, 1.165) is 23.3 Å². The molecule has 140 valence electrons. The Kier molecular flexibility index (Phi) is 7.45. The predicted molar refractivity (Wildman–Crippen MR) is 106 cm³/mol. The molecule has 0 saturated carbocycles. The van der Waals surface area contributed by atoms with Crippen molar-refractivity contribution in [3.8, 4) is 11.8 Å². The Labute approximate surface area is 160 Å². The molecule has 0 fully saturated rings. The van der Waals surface area contributed by atoms with E-state index in [4.69, 9.17) is 4.74 Å². The van der Waals surface area contributed by atoms with E-state index in [9.17, 15) is 10.1 Å². The maximum Gasteiger partial charge on any atom is 0.263 e. The average molecular weight is 363 g/mol. The van der Waals surface area contributed by atoms with E-state index in [1.165, 1.54) is 11.8 Å². The minimum atomic E-state index is -0.408. The SMILES string of the molecule is CCc1ccc(C(C)N/C=C(/C#N)C(=O)NCc2ccc(OC)cc2)cc1. The van der Waals surface area contributed by atoms with Crippen LogP contribution in [0, 0.1) is 11.3 Å². The highest BCUT2D eigenvalue weighted by molar-refractivity contribution is 5.97. The van der Waals surface area contributed by atoms with Crippen molar-refractivity contribution >= 4 is 5.91 Å². The van der Waals surface area contributed by atoms with Crippen LogP contribution in [0.1, 0.15) is 36.6 Å². The third-order valence-corrected chi connectivity index (χ3v) is 4.34. The summed E-state index contributed by atoms with van der Waals surface area (Å²) >= 11 is 0. The van der Waals surface area contributed by atoms with Crippen molar-refractivity contribution in [2.45, 2.75) is 32.9 Å². The summed E-state index contributed by atoms with van der Waals surface area (Å²) in [7, 11) is 1.60. The van der Waals surface area contributed by atoms with Crippen molar-refractivity contribution in [3.63, 3.8) is 0 Å². The molecule has 1 atom stereocenters. The number of methoxy groups -OCH3 is 1. The molecule has 0 bridgehead atoms. The number of carbonyl (C=O) groups is 1. The molecular formula is C22H25N3O2. The fraction of sp³-hybridized carbons (Fsp3) is 0.273. The molecule has 5 nitrogen and oxygen atoms in total. The third kappa shape index (κ3) is 5.89. The van der Waals surface area contributed by atoms with E-state index in [-0.39, 0.29) is 11.6 Å². The number of hydrogen-bond donors (Lipinski definition) is 2. The zero-order valence-corrected chi connectivity index (χ0v) is 16.0. The van der Waals surface area contributed by atoms with E-state index < -0.39 is 5.91 Å². The number of carbonyl (C=O) groups excluding carboxylic acids is 1. The van der Waals surface area contributed by atoms with Gasteiger partial charge >= 0.3 is 0 Å². The lowest BCUT2D eigenvalue weighted by atomic mass is 10.1. The van der Waals surface area contributed by atoms with Crippen LogP contribution in [0.3, 0.4) is 0 Å². The quantitative estimate of drug-likeness (QED) is 0.555. The zero-order chi connectivity index (χ0) is 19.6. The first-order valence-electron chi connectivity index (χ1n) is 8.93. The molecular weight excluding hydrogens is 338 g/mol. The highest BCUT2D eigenvalue weighted by atomic mass is 16.5. The Bertz CT molecular complexity index is 818. The van der Waals surface area contributed by atoms with E-state index >= 15 is 0 Å². The van der Waals surface area contributed by atoms with Gasteiger partial charge in [-0.1, -0.05) is 43.3 Å². The molecule has 0 saturated heterocycles. The van der Waals surface area contributed by atoms with Gasteiger partial charge < -0.3 is 15.4 Å². The average Bonchev–Trinajstić information content (AvgIpc) is 2.72. The Balaban J connectivity index is 1.93. The predicted octanol–water partition coefficient (Wildman–Crippen LogP) is 3.63. The van der Waals surface area contributed by atoms with Crippen LogP contribution in [0.5, 0.6) is 5.75 Å². The molecule has 0 aliphatic heterocycles. The van der Waals surface area contributed by atoms with E-state index in [0.29, 0.717) is 6.54 Å². The van der Waals surface area contributed by atoms with Crippen LogP contribution < -0.4 is 15.4 Å². The van der Waals surface area contributed by atoms with Crippen LogP contribution in [0.2, 0.25) is 0 Å². The molecule has 2 rings (SSSR count). The van der Waals surface area contributed by atoms with Gasteiger partial charge in [-0.05, 0) is 42.2 Å². The summed E-state index contributed by atoms with van der Waals surface area (Å²) in [6.45, 7) is 4.45. The molecule has 2 aromatic rings. The monoisotopic (exact) mass is 363 g/mol. The third-order valence-electron chi connectivity index (χ3n) is 4.34. The summed E-state index contributed by atoms with van der Waals surface area (Å²) in [5.74, 6) is 0.349. The molecule has 1 unspecified atom stereocenters. The Morgan fingerprint density at radius 1 is 1.15 bits per heavy atom. The first-order chi connectivity index (χ1) is 13.1. The molecule has 0 aliphatic carbocycles. The lowest BCUT2D eigenvalue weighted by molar-refractivity contribution is -0.117. The van der Waals surface area contributed by atoms with Gasteiger partial charge in [0.15, 0.2) is 0 Å². The largest absolute Gasteiger partial charge is 0.497 e. The second-order valence-corrected chi connectivity index (χ2v) is 6.18. The first-order valence-corrected chi connectivity index (χ1v) is 8.93. The number of benzene rings is 2. The topological polar surface area (TPSA) is 74.2 Å². The summed E-state index contributed by atoms with van der Waals surface area (Å²) in [5.41, 5.74) is 3.34. The van der Waals surface area contributed by atoms with E-state index in [1.807, 2.05) is 37.3 Å². The minimum Gasteiger partial charge on any atom is -0.497 e. The summed E-state index contributed by atoms with van der Waals surface area (Å²) in [6, 6.07) is 17.6. The molecule has 0 aliphatic rings. The fourth-order valence-electron chi connectivity index (χ4n) is 2.52. The number of nitrogens with zero attached hydrogens (tertiary/aromatic N) is 1. The molecule has 2 aromatic carbocycles. The highest BCUT2D eigenvalue weighted by Gasteiger charge is 2.10. The Morgan fingerprint density at radius 2 is 1.78 bits per heavy atom. The molecule has 0 radical (unpaired) electrons. The number of amides is 1. The fourth-order valence-corrected chi connectivity index (χ4v) is 2.52. The van der Waals surface area contributed by atoms with Gasteiger partial charge in [0.2, 0.25) is 0 Å². The minimum absolute atomic E-state index is 0.00588. The van der Waals surface area contributed by atoms with Crippen LogP contribution in [0.4, 0.5) is 0 Å². The molecule has 0 spiro atoms. The first kappa shape index (κ1) is 20.1. The van der Waals surface area contributed by atoms with E-state index in [1.54, 1.807) is 7.11 Å². The number of ether oxygens (including phenoxy) is 1. The Morgan fingerprint density at radius 3 is 2.33 bits per heavy atom. The van der Waals surface area contributed by atoms with E-state index in [2.05, 4.69) is 41.8 Å². The van der Waals surface area contributed by atoms with Gasteiger partial charge in [-0.25, -0.2) is 0 Å². The van der Waals surface area contributed by atoms with Crippen molar-refractivity contribution in [1.82, 2.24) is 10.6 Å². The molecule has 0 heterocycles. The lowest BCUT2D eigenvalue weighted by Crippen LogP contribution is -2.25. The normalized spacial score (nSPS) is 12.0. The summed E-state index contributed by atoms with van der Waals surface area (Å²) in [4.78, 5) is 12.2. The molecule has 1 amide bonds. The van der Waals surface area contributed by atoms with Gasteiger partial charge in [0.05, 0.1) is 7.11 Å². The Hall–Kier alpha value is -3.26. The van der Waals surface area contributed by atoms with Gasteiger partial charge in [-0.2, -0.15) is 5.26 Å². The van der Waals surface area contributed by atoms with Gasteiger partial charge in [0.25, 0.3) is 5.91 Å². The summed E-state index contributed by atoms with van der Waals surface area (Å²) < 4.78 is 5.11. The maximum atomic E-state index is 12.2. The smallest absolute Gasteiger partial charge is 0.263 e.